The molecule has 0 radical (unpaired) electrons. The third-order valence-corrected chi connectivity index (χ3v) is 6.15. The van der Waals surface area contributed by atoms with Crippen molar-refractivity contribution < 1.29 is 24.3 Å². The molecule has 204 valence electrons. The topological polar surface area (TPSA) is 208 Å². The number of aromatic amines is 2. The van der Waals surface area contributed by atoms with E-state index >= 15 is 0 Å². The quantitative estimate of drug-likeness (QED) is 0.148. The molecule has 13 nitrogen and oxygen atoms in total. The average Bonchev–Trinajstić information content (AvgIpc) is 3.54. The number of nitrogens with one attached hydrogen (secondary N) is 5. The number of carbonyl (C=O) groups is 4. The summed E-state index contributed by atoms with van der Waals surface area (Å²) >= 11 is 1.48. The second kappa shape index (κ2) is 15.0. The fourth-order valence-electron chi connectivity index (χ4n) is 3.57. The first-order valence-corrected chi connectivity index (χ1v) is 13.3. The summed E-state index contributed by atoms with van der Waals surface area (Å²) in [5.74, 6) is -2.28. The Hall–Kier alpha value is -3.39. The number of amides is 3. The van der Waals surface area contributed by atoms with Crippen LogP contribution in [0.15, 0.2) is 25.0 Å². The Labute approximate surface area is 219 Å². The third-order valence-electron chi connectivity index (χ3n) is 5.51. The Bertz CT molecular complexity index is 999. The normalized spacial score (nSPS) is 14.4. The fourth-order valence-corrected chi connectivity index (χ4v) is 4.04. The molecule has 2 rings (SSSR count). The van der Waals surface area contributed by atoms with Crippen LogP contribution in [0.3, 0.4) is 0 Å². The first kappa shape index (κ1) is 29.8. The molecule has 8 N–H and O–H groups in total. The van der Waals surface area contributed by atoms with Gasteiger partial charge < -0.3 is 36.8 Å². The van der Waals surface area contributed by atoms with Crippen LogP contribution < -0.4 is 21.7 Å². The summed E-state index contributed by atoms with van der Waals surface area (Å²) < 4.78 is 0. The van der Waals surface area contributed by atoms with Crippen molar-refractivity contribution in [2.45, 2.75) is 63.7 Å². The largest absolute Gasteiger partial charge is 0.480 e. The molecule has 2 aromatic rings. The molecule has 0 aliphatic rings. The molecular formula is C23H36N8O5S. The van der Waals surface area contributed by atoms with Gasteiger partial charge in [0.05, 0.1) is 18.7 Å². The Morgan fingerprint density at radius 1 is 0.919 bits per heavy atom. The maximum Gasteiger partial charge on any atom is 0.326 e. The Morgan fingerprint density at radius 3 is 1.97 bits per heavy atom. The van der Waals surface area contributed by atoms with Gasteiger partial charge >= 0.3 is 5.97 Å². The number of rotatable bonds is 16. The molecule has 0 fully saturated rings. The summed E-state index contributed by atoms with van der Waals surface area (Å²) in [5, 5.41) is 17.5. The third kappa shape index (κ3) is 10.2. The number of hydrogen-bond acceptors (Lipinski definition) is 8. The number of nitrogens with zero attached hydrogens (tertiary/aromatic N) is 2. The molecule has 0 spiro atoms. The standard InChI is InChI=1S/C23H36N8O5S/c1-13(2)6-18(30-20(32)16(24)7-14-9-25-11-27-14)22(34)29-17(4-5-37-3)21(33)31-19(23(35)36)8-15-10-26-12-28-15/h9-13,16-19H,4-8,24H2,1-3H3,(H,25,27)(H,26,28)(H,29,34)(H,30,32)(H,31,33)(H,35,36). The minimum Gasteiger partial charge on any atom is -0.480 e. The van der Waals surface area contributed by atoms with E-state index in [9.17, 15) is 24.3 Å². The number of H-pyrrole nitrogens is 2. The number of aliphatic carboxylic acids is 1. The minimum atomic E-state index is -1.21. The van der Waals surface area contributed by atoms with E-state index in [4.69, 9.17) is 5.73 Å². The summed E-state index contributed by atoms with van der Waals surface area (Å²) in [5.41, 5.74) is 7.25. The first-order chi connectivity index (χ1) is 17.6. The Kier molecular flexibility index (Phi) is 12.1. The molecule has 2 heterocycles. The van der Waals surface area contributed by atoms with Crippen molar-refractivity contribution in [3.63, 3.8) is 0 Å². The van der Waals surface area contributed by atoms with Crippen molar-refractivity contribution in [3.8, 4) is 0 Å². The summed E-state index contributed by atoms with van der Waals surface area (Å²) in [6.07, 6.45) is 8.62. The predicted octanol–water partition coefficient (Wildman–Crippen LogP) is -0.416. The van der Waals surface area contributed by atoms with Crippen LogP contribution in [0.4, 0.5) is 0 Å². The molecule has 0 bridgehead atoms. The van der Waals surface area contributed by atoms with Gasteiger partial charge in [-0.05, 0) is 30.8 Å². The number of carboxylic acids is 1. The van der Waals surface area contributed by atoms with Gasteiger partial charge in [-0.15, -0.1) is 0 Å². The molecule has 14 heteroatoms. The SMILES string of the molecule is CSCCC(NC(=O)C(CC(C)C)NC(=O)C(N)Cc1cnc[nH]1)C(=O)NC(Cc1cnc[nH]1)C(=O)O. The lowest BCUT2D eigenvalue weighted by Gasteiger charge is -2.26. The fraction of sp³-hybridized carbons (Fsp3) is 0.565. The van der Waals surface area contributed by atoms with E-state index in [0.717, 1.165) is 0 Å². The lowest BCUT2D eigenvalue weighted by molar-refractivity contribution is -0.142. The van der Waals surface area contributed by atoms with Gasteiger partial charge in [0.2, 0.25) is 17.7 Å². The monoisotopic (exact) mass is 536 g/mol. The second-order valence-corrected chi connectivity index (χ2v) is 10.1. The van der Waals surface area contributed by atoms with Crippen molar-refractivity contribution in [1.82, 2.24) is 35.9 Å². The van der Waals surface area contributed by atoms with Gasteiger partial charge in [-0.2, -0.15) is 11.8 Å². The molecule has 0 aromatic carbocycles. The highest BCUT2D eigenvalue weighted by atomic mass is 32.2. The number of carbonyl (C=O) groups excluding carboxylic acids is 3. The second-order valence-electron chi connectivity index (χ2n) is 9.10. The zero-order chi connectivity index (χ0) is 27.4. The van der Waals surface area contributed by atoms with E-state index in [0.29, 0.717) is 23.6 Å². The lowest BCUT2D eigenvalue weighted by atomic mass is 10.0. The number of aromatic nitrogens is 4. The molecule has 0 saturated heterocycles. The number of imidazole rings is 2. The van der Waals surface area contributed by atoms with Gasteiger partial charge in [-0.1, -0.05) is 13.8 Å². The van der Waals surface area contributed by atoms with Crippen LogP contribution in [0, 0.1) is 5.92 Å². The molecular weight excluding hydrogens is 500 g/mol. The lowest BCUT2D eigenvalue weighted by Crippen LogP contribution is -2.57. The average molecular weight is 537 g/mol. The van der Waals surface area contributed by atoms with Crippen LogP contribution in [0.25, 0.3) is 0 Å². The van der Waals surface area contributed by atoms with Crippen LogP contribution in [0.1, 0.15) is 38.1 Å². The summed E-state index contributed by atoms with van der Waals surface area (Å²) in [4.78, 5) is 64.2. The van der Waals surface area contributed by atoms with Gasteiger partial charge in [0.25, 0.3) is 0 Å². The molecule has 0 aliphatic carbocycles. The number of hydrogen-bond donors (Lipinski definition) is 7. The van der Waals surface area contributed by atoms with E-state index in [-0.39, 0.29) is 25.2 Å². The first-order valence-electron chi connectivity index (χ1n) is 11.9. The van der Waals surface area contributed by atoms with E-state index in [1.165, 1.54) is 30.6 Å². The predicted molar refractivity (Wildman–Crippen MR) is 138 cm³/mol. The van der Waals surface area contributed by atoms with Crippen LogP contribution in [-0.4, -0.2) is 84.9 Å². The zero-order valence-electron chi connectivity index (χ0n) is 21.2. The highest BCUT2D eigenvalue weighted by Crippen LogP contribution is 2.09. The zero-order valence-corrected chi connectivity index (χ0v) is 22.0. The van der Waals surface area contributed by atoms with Crippen LogP contribution in [-0.2, 0) is 32.0 Å². The Balaban J connectivity index is 2.08. The highest BCUT2D eigenvalue weighted by molar-refractivity contribution is 7.98. The summed E-state index contributed by atoms with van der Waals surface area (Å²) in [7, 11) is 0. The number of thioether (sulfide) groups is 1. The van der Waals surface area contributed by atoms with Crippen molar-refractivity contribution >= 4 is 35.5 Å². The van der Waals surface area contributed by atoms with Crippen LogP contribution >= 0.6 is 11.8 Å². The van der Waals surface area contributed by atoms with Gasteiger partial charge in [0.15, 0.2) is 0 Å². The molecule has 0 saturated carbocycles. The van der Waals surface area contributed by atoms with Crippen LogP contribution in [0.2, 0.25) is 0 Å². The molecule has 2 aromatic heterocycles. The van der Waals surface area contributed by atoms with Crippen molar-refractivity contribution in [2.75, 3.05) is 12.0 Å². The summed E-state index contributed by atoms with van der Waals surface area (Å²) in [6.45, 7) is 3.81. The Morgan fingerprint density at radius 2 is 1.46 bits per heavy atom. The maximum atomic E-state index is 13.2. The van der Waals surface area contributed by atoms with E-state index in [1.807, 2.05) is 20.1 Å². The smallest absolute Gasteiger partial charge is 0.326 e. The maximum absolute atomic E-state index is 13.2. The summed E-state index contributed by atoms with van der Waals surface area (Å²) in [6, 6.07) is -4.04. The van der Waals surface area contributed by atoms with Gasteiger partial charge in [-0.3, -0.25) is 14.4 Å². The van der Waals surface area contributed by atoms with Crippen molar-refractivity contribution in [3.05, 3.63) is 36.4 Å². The van der Waals surface area contributed by atoms with Gasteiger partial charge in [0, 0.05) is 36.6 Å². The number of nitrogens with two attached hydrogens (primary N) is 1. The van der Waals surface area contributed by atoms with E-state index in [1.54, 1.807) is 6.20 Å². The van der Waals surface area contributed by atoms with Crippen LogP contribution in [0.5, 0.6) is 0 Å². The highest BCUT2D eigenvalue weighted by Gasteiger charge is 2.31. The molecule has 4 atom stereocenters. The van der Waals surface area contributed by atoms with E-state index < -0.39 is 47.9 Å². The molecule has 4 unspecified atom stereocenters. The number of carboxylic acid groups (broad SMARTS) is 1. The van der Waals surface area contributed by atoms with Gasteiger partial charge in [0.1, 0.15) is 18.1 Å². The molecule has 3 amide bonds. The van der Waals surface area contributed by atoms with E-state index in [2.05, 4.69) is 35.9 Å². The minimum absolute atomic E-state index is 0.00448. The molecule has 0 aliphatic heterocycles. The molecule has 37 heavy (non-hydrogen) atoms. The van der Waals surface area contributed by atoms with Crippen molar-refractivity contribution in [1.29, 1.82) is 0 Å². The van der Waals surface area contributed by atoms with Gasteiger partial charge in [-0.25, -0.2) is 14.8 Å². The van der Waals surface area contributed by atoms with Crippen molar-refractivity contribution in [2.24, 2.45) is 11.7 Å².